The van der Waals surface area contributed by atoms with Crippen molar-refractivity contribution in [1.29, 1.82) is 0 Å². The number of hydrogen-bond acceptors (Lipinski definition) is 3. The van der Waals surface area contributed by atoms with E-state index in [0.717, 1.165) is 74.0 Å². The van der Waals surface area contributed by atoms with E-state index in [1.165, 1.54) is 6.42 Å². The molecule has 1 saturated heterocycles. The maximum absolute atomic E-state index is 14.3. The second-order valence-corrected chi connectivity index (χ2v) is 7.17. The quantitative estimate of drug-likeness (QED) is 0.931. The average Bonchev–Trinajstić information content (AvgIpc) is 2.66. The summed E-state index contributed by atoms with van der Waals surface area (Å²) in [4.78, 5) is 14.2. The number of halogens is 1. The van der Waals surface area contributed by atoms with Gasteiger partial charge in [0.05, 0.1) is 11.4 Å². The van der Waals surface area contributed by atoms with Gasteiger partial charge in [0.1, 0.15) is 5.82 Å². The van der Waals surface area contributed by atoms with Gasteiger partial charge in [-0.2, -0.15) is 5.10 Å². The van der Waals surface area contributed by atoms with Gasteiger partial charge in [-0.15, -0.1) is 0 Å². The van der Waals surface area contributed by atoms with Gasteiger partial charge in [0.15, 0.2) is 0 Å². The Morgan fingerprint density at radius 1 is 1.04 bits per heavy atom. The SMILES string of the molecule is O=c1[nH]nc(Cc2ccc(F)c(N3CCCCC3)c2)c2c1CCCC2. The maximum atomic E-state index is 14.3. The summed E-state index contributed by atoms with van der Waals surface area (Å²) in [6, 6.07) is 5.37. The molecule has 4 rings (SSSR count). The summed E-state index contributed by atoms with van der Waals surface area (Å²) in [5.41, 5.74) is 4.65. The molecule has 0 bridgehead atoms. The molecule has 0 amide bonds. The van der Waals surface area contributed by atoms with Gasteiger partial charge < -0.3 is 4.90 Å². The molecule has 1 aromatic heterocycles. The zero-order valence-electron chi connectivity index (χ0n) is 14.5. The lowest BCUT2D eigenvalue weighted by atomic mass is 9.90. The van der Waals surface area contributed by atoms with Gasteiger partial charge in [-0.05, 0) is 68.2 Å². The van der Waals surface area contributed by atoms with Crippen molar-refractivity contribution in [3.63, 3.8) is 0 Å². The van der Waals surface area contributed by atoms with Crippen LogP contribution in [0.1, 0.15) is 54.5 Å². The molecule has 0 atom stereocenters. The van der Waals surface area contributed by atoms with Gasteiger partial charge in [0.2, 0.25) is 0 Å². The standard InChI is InChI=1S/C20H24FN3O/c21-17-9-8-14(13-19(17)24-10-4-1-5-11-24)12-18-15-6-2-3-7-16(15)20(25)23-22-18/h8-9,13H,1-7,10-12H2,(H,23,25). The molecule has 132 valence electrons. The van der Waals surface area contributed by atoms with Crippen LogP contribution in [0.4, 0.5) is 10.1 Å². The first kappa shape index (κ1) is 16.3. The molecule has 0 unspecified atom stereocenters. The lowest BCUT2D eigenvalue weighted by Crippen LogP contribution is -2.30. The molecule has 0 spiro atoms. The molecule has 5 heteroatoms. The van der Waals surface area contributed by atoms with E-state index in [1.807, 2.05) is 12.1 Å². The van der Waals surface area contributed by atoms with Gasteiger partial charge in [-0.1, -0.05) is 6.07 Å². The van der Waals surface area contributed by atoms with Gasteiger partial charge in [-0.3, -0.25) is 4.79 Å². The number of rotatable bonds is 3. The van der Waals surface area contributed by atoms with Crippen LogP contribution in [0.2, 0.25) is 0 Å². The largest absolute Gasteiger partial charge is 0.369 e. The Labute approximate surface area is 147 Å². The minimum absolute atomic E-state index is 0.0495. The Hall–Kier alpha value is -2.17. The molecule has 1 fully saturated rings. The van der Waals surface area contributed by atoms with Crippen molar-refractivity contribution in [2.24, 2.45) is 0 Å². The highest BCUT2D eigenvalue weighted by molar-refractivity contribution is 5.51. The van der Waals surface area contributed by atoms with Crippen LogP contribution in [-0.2, 0) is 19.3 Å². The monoisotopic (exact) mass is 341 g/mol. The maximum Gasteiger partial charge on any atom is 0.267 e. The third-order valence-corrected chi connectivity index (χ3v) is 5.46. The molecular weight excluding hydrogens is 317 g/mol. The molecule has 1 N–H and O–H groups in total. The molecule has 1 aromatic carbocycles. The first-order valence-corrected chi connectivity index (χ1v) is 9.35. The second-order valence-electron chi connectivity index (χ2n) is 7.17. The van der Waals surface area contributed by atoms with Crippen molar-refractivity contribution in [2.75, 3.05) is 18.0 Å². The Bertz CT molecular complexity index is 824. The summed E-state index contributed by atoms with van der Waals surface area (Å²) >= 11 is 0. The van der Waals surface area contributed by atoms with Gasteiger partial charge >= 0.3 is 0 Å². The predicted molar refractivity (Wildman–Crippen MR) is 96.8 cm³/mol. The Balaban J connectivity index is 1.64. The summed E-state index contributed by atoms with van der Waals surface area (Å²) in [6.45, 7) is 1.85. The van der Waals surface area contributed by atoms with Crippen molar-refractivity contribution in [3.8, 4) is 0 Å². The highest BCUT2D eigenvalue weighted by Crippen LogP contribution is 2.27. The molecule has 0 saturated carbocycles. The molecule has 1 aliphatic carbocycles. The van der Waals surface area contributed by atoms with Crippen molar-refractivity contribution >= 4 is 5.69 Å². The van der Waals surface area contributed by atoms with Gasteiger partial charge in [0, 0.05) is 25.1 Å². The van der Waals surface area contributed by atoms with E-state index in [0.29, 0.717) is 12.1 Å². The Kier molecular flexibility index (Phi) is 4.55. The highest BCUT2D eigenvalue weighted by Gasteiger charge is 2.19. The lowest BCUT2D eigenvalue weighted by Gasteiger charge is -2.29. The van der Waals surface area contributed by atoms with Gasteiger partial charge in [-0.25, -0.2) is 9.49 Å². The first-order chi connectivity index (χ1) is 12.2. The Morgan fingerprint density at radius 2 is 1.80 bits per heavy atom. The van der Waals surface area contributed by atoms with Crippen molar-refractivity contribution in [1.82, 2.24) is 10.2 Å². The summed E-state index contributed by atoms with van der Waals surface area (Å²) < 4.78 is 14.3. The summed E-state index contributed by atoms with van der Waals surface area (Å²) in [6.07, 6.45) is 8.04. The molecule has 4 nitrogen and oxygen atoms in total. The Morgan fingerprint density at radius 3 is 2.60 bits per heavy atom. The summed E-state index contributed by atoms with van der Waals surface area (Å²) in [5.74, 6) is -0.151. The number of aromatic amines is 1. The molecule has 2 aromatic rings. The zero-order valence-corrected chi connectivity index (χ0v) is 14.5. The number of piperidine rings is 1. The van der Waals surface area contributed by atoms with Crippen LogP contribution in [0.5, 0.6) is 0 Å². The summed E-state index contributed by atoms with van der Waals surface area (Å²) in [5, 5.41) is 6.95. The third-order valence-electron chi connectivity index (χ3n) is 5.46. The second kappa shape index (κ2) is 6.98. The number of H-pyrrole nitrogens is 1. The van der Waals surface area contributed by atoms with Crippen molar-refractivity contribution in [2.45, 2.75) is 51.4 Å². The van der Waals surface area contributed by atoms with Crippen LogP contribution in [0.25, 0.3) is 0 Å². The molecule has 0 radical (unpaired) electrons. The summed E-state index contributed by atoms with van der Waals surface area (Å²) in [7, 11) is 0. The number of nitrogens with one attached hydrogen (secondary N) is 1. The number of nitrogens with zero attached hydrogens (tertiary/aromatic N) is 2. The average molecular weight is 341 g/mol. The normalized spacial score (nSPS) is 17.4. The fourth-order valence-corrected chi connectivity index (χ4v) is 4.11. The third kappa shape index (κ3) is 3.32. The van der Waals surface area contributed by atoms with Crippen molar-refractivity contribution in [3.05, 3.63) is 56.8 Å². The highest BCUT2D eigenvalue weighted by atomic mass is 19.1. The van der Waals surface area contributed by atoms with Crippen LogP contribution < -0.4 is 10.5 Å². The van der Waals surface area contributed by atoms with E-state index in [9.17, 15) is 9.18 Å². The first-order valence-electron chi connectivity index (χ1n) is 9.35. The van der Waals surface area contributed by atoms with E-state index < -0.39 is 0 Å². The van der Waals surface area contributed by atoms with E-state index in [1.54, 1.807) is 6.07 Å². The zero-order chi connectivity index (χ0) is 17.2. The number of anilines is 1. The lowest BCUT2D eigenvalue weighted by molar-refractivity contribution is 0.556. The molecule has 2 aliphatic rings. The van der Waals surface area contributed by atoms with Gasteiger partial charge in [0.25, 0.3) is 5.56 Å². The minimum atomic E-state index is -0.151. The fourth-order valence-electron chi connectivity index (χ4n) is 4.11. The number of aromatic nitrogens is 2. The molecular formula is C20H24FN3O. The number of fused-ring (bicyclic) bond motifs is 1. The van der Waals surface area contributed by atoms with E-state index in [4.69, 9.17) is 0 Å². The predicted octanol–water partition coefficient (Wildman–Crippen LogP) is 3.37. The van der Waals surface area contributed by atoms with Crippen LogP contribution in [0, 0.1) is 5.82 Å². The smallest absolute Gasteiger partial charge is 0.267 e. The van der Waals surface area contributed by atoms with Crippen molar-refractivity contribution < 1.29 is 4.39 Å². The van der Waals surface area contributed by atoms with Crippen LogP contribution >= 0.6 is 0 Å². The van der Waals surface area contributed by atoms with Crippen LogP contribution in [-0.4, -0.2) is 23.3 Å². The van der Waals surface area contributed by atoms with E-state index >= 15 is 0 Å². The van der Waals surface area contributed by atoms with E-state index in [2.05, 4.69) is 15.1 Å². The topological polar surface area (TPSA) is 49.0 Å². The minimum Gasteiger partial charge on any atom is -0.369 e. The number of benzene rings is 1. The van der Waals surface area contributed by atoms with Crippen LogP contribution in [0.15, 0.2) is 23.0 Å². The molecule has 2 heterocycles. The van der Waals surface area contributed by atoms with E-state index in [-0.39, 0.29) is 11.4 Å². The molecule has 25 heavy (non-hydrogen) atoms. The van der Waals surface area contributed by atoms with Crippen LogP contribution in [0.3, 0.4) is 0 Å². The number of hydrogen-bond donors (Lipinski definition) is 1. The fraction of sp³-hybridized carbons (Fsp3) is 0.500. The molecule has 1 aliphatic heterocycles.